The number of carbonyl (C=O) groups is 3. The summed E-state index contributed by atoms with van der Waals surface area (Å²) in [4.78, 5) is 39.3. The molecule has 1 saturated carbocycles. The Bertz CT molecular complexity index is 1230. The number of ether oxygens (including phenoxy) is 2. The van der Waals surface area contributed by atoms with Gasteiger partial charge in [-0.15, -0.1) is 6.58 Å². The molecule has 1 saturated heterocycles. The first-order chi connectivity index (χ1) is 18.2. The number of nitrogens with zero attached hydrogens (tertiary/aromatic N) is 1. The molecule has 2 heterocycles. The summed E-state index contributed by atoms with van der Waals surface area (Å²) in [6.07, 6.45) is 9.23. The first kappa shape index (κ1) is 27.4. The highest BCUT2D eigenvalue weighted by atomic mass is 16.6. The van der Waals surface area contributed by atoms with Gasteiger partial charge in [0, 0.05) is 50.0 Å². The molecule has 2 aliphatic rings. The van der Waals surface area contributed by atoms with E-state index in [-0.39, 0.29) is 17.9 Å². The number of amides is 1. The molecular weight excluding hydrogens is 484 g/mol. The molecule has 4 rings (SSSR count). The van der Waals surface area contributed by atoms with Crippen LogP contribution < -0.4 is 10.1 Å². The van der Waals surface area contributed by atoms with Crippen LogP contribution >= 0.6 is 0 Å². The molecule has 38 heavy (non-hydrogen) atoms. The molecule has 2 aromatic rings. The summed E-state index contributed by atoms with van der Waals surface area (Å²) < 4.78 is 17.0. The van der Waals surface area contributed by atoms with Crippen molar-refractivity contribution in [3.8, 4) is 5.75 Å². The van der Waals surface area contributed by atoms with E-state index in [0.717, 1.165) is 23.4 Å². The minimum atomic E-state index is -0.806. The van der Waals surface area contributed by atoms with Crippen LogP contribution in [0.15, 0.2) is 59.7 Å². The van der Waals surface area contributed by atoms with E-state index in [9.17, 15) is 14.4 Å². The van der Waals surface area contributed by atoms with E-state index in [2.05, 4.69) is 16.8 Å². The number of furan rings is 1. The van der Waals surface area contributed by atoms with E-state index in [1.807, 2.05) is 37.3 Å². The fourth-order valence-electron chi connectivity index (χ4n) is 6.15. The Labute approximate surface area is 223 Å². The number of piperidine rings is 1. The molecule has 1 aromatic heterocycles. The van der Waals surface area contributed by atoms with Crippen LogP contribution in [0.5, 0.6) is 5.75 Å². The van der Waals surface area contributed by atoms with E-state index >= 15 is 0 Å². The molecule has 0 radical (unpaired) electrons. The van der Waals surface area contributed by atoms with Gasteiger partial charge in [0.05, 0.1) is 6.26 Å². The summed E-state index contributed by atoms with van der Waals surface area (Å²) in [5.41, 5.74) is 0.387. The molecule has 8 heteroatoms. The zero-order chi connectivity index (χ0) is 27.3. The minimum Gasteiger partial charge on any atom is -0.469 e. The van der Waals surface area contributed by atoms with Gasteiger partial charge < -0.3 is 19.2 Å². The quantitative estimate of drug-likeness (QED) is 0.239. The van der Waals surface area contributed by atoms with Crippen LogP contribution in [0.4, 0.5) is 0 Å². The van der Waals surface area contributed by atoms with Gasteiger partial charge >= 0.3 is 11.9 Å². The number of hydrogen-bond donors (Lipinski definition) is 1. The molecule has 8 nitrogen and oxygen atoms in total. The van der Waals surface area contributed by atoms with Crippen LogP contribution in [0.2, 0.25) is 0 Å². The van der Waals surface area contributed by atoms with Gasteiger partial charge in [0.15, 0.2) is 0 Å². The molecule has 1 aromatic carbocycles. The summed E-state index contributed by atoms with van der Waals surface area (Å²) in [7, 11) is 0. The molecule has 1 aliphatic carbocycles. The van der Waals surface area contributed by atoms with Crippen molar-refractivity contribution >= 4 is 23.9 Å². The van der Waals surface area contributed by atoms with E-state index in [4.69, 9.17) is 13.9 Å². The first-order valence-corrected chi connectivity index (χ1v) is 13.0. The highest BCUT2D eigenvalue weighted by Crippen LogP contribution is 2.54. The lowest BCUT2D eigenvalue weighted by atomic mass is 9.55. The lowest BCUT2D eigenvalue weighted by molar-refractivity contribution is -0.186. The number of nitrogens with one attached hydrogen (secondary N) is 1. The Morgan fingerprint density at radius 2 is 2.03 bits per heavy atom. The third-order valence-corrected chi connectivity index (χ3v) is 7.73. The normalized spacial score (nSPS) is 25.4. The fraction of sp³-hybridized carbons (Fsp3) is 0.433. The number of benzene rings is 1. The first-order valence-electron chi connectivity index (χ1n) is 13.0. The van der Waals surface area contributed by atoms with Crippen molar-refractivity contribution in [1.29, 1.82) is 0 Å². The number of carbonyl (C=O) groups excluding carboxylic acids is 3. The second kappa shape index (κ2) is 11.4. The van der Waals surface area contributed by atoms with Gasteiger partial charge in [-0.25, -0.2) is 0 Å². The van der Waals surface area contributed by atoms with E-state index in [1.165, 1.54) is 19.9 Å². The smallest absolute Gasteiger partial charge is 0.308 e. The summed E-state index contributed by atoms with van der Waals surface area (Å²) in [6.45, 7) is 10.6. The zero-order valence-corrected chi connectivity index (χ0v) is 22.3. The Morgan fingerprint density at radius 1 is 1.21 bits per heavy atom. The van der Waals surface area contributed by atoms with Crippen molar-refractivity contribution in [2.24, 2.45) is 0 Å². The standard InChI is InChI=1S/C30H36N2O6/c1-5-15-32-16-14-29(25-7-6-8-27(18-25)37-22(3)33)19-26(11-13-30(29,20-32)38-23(4)34)31-28(35)10-9-24-12-17-36-21(24)2/h5-10,12,17-18,26H,1,11,13-16,19-20H2,2-4H3,(H,31,35)/b10-9+/t26-,29-,30-/m0/s1. The maximum atomic E-state index is 12.9. The van der Waals surface area contributed by atoms with E-state index < -0.39 is 17.0 Å². The lowest BCUT2D eigenvalue weighted by Gasteiger charge is -2.59. The van der Waals surface area contributed by atoms with Gasteiger partial charge in [0.2, 0.25) is 5.91 Å². The van der Waals surface area contributed by atoms with Gasteiger partial charge in [-0.2, -0.15) is 0 Å². The molecule has 0 spiro atoms. The number of fused-ring (bicyclic) bond motifs is 1. The summed E-state index contributed by atoms with van der Waals surface area (Å²) >= 11 is 0. The minimum absolute atomic E-state index is 0.135. The maximum absolute atomic E-state index is 12.9. The largest absolute Gasteiger partial charge is 0.469 e. The van der Waals surface area contributed by atoms with Crippen LogP contribution in [0, 0.1) is 6.92 Å². The topological polar surface area (TPSA) is 98.1 Å². The van der Waals surface area contributed by atoms with Crippen molar-refractivity contribution in [3.05, 3.63) is 72.2 Å². The molecule has 1 amide bonds. The lowest BCUT2D eigenvalue weighted by Crippen LogP contribution is -2.68. The monoisotopic (exact) mass is 520 g/mol. The highest BCUT2D eigenvalue weighted by molar-refractivity contribution is 5.92. The Kier molecular flexibility index (Phi) is 8.21. The number of esters is 2. The summed E-state index contributed by atoms with van der Waals surface area (Å²) in [5.74, 6) is 0.255. The molecule has 0 unspecified atom stereocenters. The van der Waals surface area contributed by atoms with Crippen molar-refractivity contribution in [2.45, 2.75) is 63.5 Å². The van der Waals surface area contributed by atoms with Crippen LogP contribution in [0.1, 0.15) is 56.4 Å². The Morgan fingerprint density at radius 3 is 2.71 bits per heavy atom. The van der Waals surface area contributed by atoms with Gasteiger partial charge in [0.25, 0.3) is 0 Å². The number of hydrogen-bond acceptors (Lipinski definition) is 7. The third-order valence-electron chi connectivity index (χ3n) is 7.73. The predicted octanol–water partition coefficient (Wildman–Crippen LogP) is 4.33. The van der Waals surface area contributed by atoms with Crippen LogP contribution in [0.3, 0.4) is 0 Å². The summed E-state index contributed by atoms with van der Waals surface area (Å²) in [5, 5.41) is 3.17. The number of likely N-dealkylation sites (tertiary alicyclic amines) is 1. The number of aryl methyl sites for hydroxylation is 1. The summed E-state index contributed by atoms with van der Waals surface area (Å²) in [6, 6.07) is 9.15. The SMILES string of the molecule is C=CCN1CC[C@@]2(c3cccc(OC(C)=O)c3)C[C@@H](NC(=O)/C=C/c3ccoc3C)CC[C@]2(OC(C)=O)C1. The van der Waals surface area contributed by atoms with Crippen molar-refractivity contribution in [2.75, 3.05) is 19.6 Å². The fourth-order valence-corrected chi connectivity index (χ4v) is 6.15. The molecule has 1 N–H and O–H groups in total. The predicted molar refractivity (Wildman–Crippen MR) is 143 cm³/mol. The molecule has 2 fully saturated rings. The second-order valence-corrected chi connectivity index (χ2v) is 10.3. The highest BCUT2D eigenvalue weighted by Gasteiger charge is 2.60. The molecule has 202 valence electrons. The zero-order valence-electron chi connectivity index (χ0n) is 22.3. The maximum Gasteiger partial charge on any atom is 0.308 e. The van der Waals surface area contributed by atoms with Crippen molar-refractivity contribution in [3.63, 3.8) is 0 Å². The van der Waals surface area contributed by atoms with Gasteiger partial charge in [0.1, 0.15) is 17.1 Å². The van der Waals surface area contributed by atoms with Crippen LogP contribution in [-0.4, -0.2) is 54.0 Å². The van der Waals surface area contributed by atoms with Gasteiger partial charge in [-0.3, -0.25) is 19.3 Å². The number of rotatable bonds is 8. The van der Waals surface area contributed by atoms with Gasteiger partial charge in [-0.1, -0.05) is 18.2 Å². The van der Waals surface area contributed by atoms with Gasteiger partial charge in [-0.05, 0) is 69.0 Å². The second-order valence-electron chi connectivity index (χ2n) is 10.3. The Balaban J connectivity index is 1.68. The molecule has 0 bridgehead atoms. The van der Waals surface area contributed by atoms with E-state index in [1.54, 1.807) is 18.4 Å². The van der Waals surface area contributed by atoms with Crippen LogP contribution in [0.25, 0.3) is 6.08 Å². The Hall–Kier alpha value is -3.65. The average Bonchev–Trinajstić information content (AvgIpc) is 3.27. The van der Waals surface area contributed by atoms with Crippen molar-refractivity contribution < 1.29 is 28.3 Å². The van der Waals surface area contributed by atoms with Crippen LogP contribution in [-0.2, 0) is 24.5 Å². The van der Waals surface area contributed by atoms with E-state index in [0.29, 0.717) is 44.5 Å². The third kappa shape index (κ3) is 5.75. The molecule has 3 atom stereocenters. The molecular formula is C30H36N2O6. The molecule has 1 aliphatic heterocycles. The average molecular weight is 521 g/mol. The van der Waals surface area contributed by atoms with Crippen molar-refractivity contribution in [1.82, 2.24) is 10.2 Å².